The SMILES string of the molecule is Cl.Cl.O=C(N1CCN(C2CCC2)CC1)C1(n2cccn2)CCNCC1. The van der Waals surface area contributed by atoms with Crippen molar-refractivity contribution in [3.05, 3.63) is 18.5 Å². The predicted molar refractivity (Wildman–Crippen MR) is 103 cm³/mol. The number of carbonyl (C=O) groups is 1. The van der Waals surface area contributed by atoms with Crippen LogP contribution in [0.15, 0.2) is 18.5 Å². The number of halogens is 2. The molecule has 0 radical (unpaired) electrons. The zero-order chi connectivity index (χ0) is 15.7. The highest BCUT2D eigenvalue weighted by Crippen LogP contribution is 2.31. The first kappa shape index (κ1) is 20.5. The quantitative estimate of drug-likeness (QED) is 0.850. The van der Waals surface area contributed by atoms with Gasteiger partial charge in [-0.3, -0.25) is 14.4 Å². The lowest BCUT2D eigenvalue weighted by atomic mass is 9.86. The minimum absolute atomic E-state index is 0. The van der Waals surface area contributed by atoms with E-state index in [-0.39, 0.29) is 30.7 Å². The van der Waals surface area contributed by atoms with Crippen LogP contribution in [0, 0.1) is 0 Å². The monoisotopic (exact) mass is 389 g/mol. The van der Waals surface area contributed by atoms with E-state index < -0.39 is 5.54 Å². The molecule has 8 heteroatoms. The zero-order valence-electron chi connectivity index (χ0n) is 14.6. The smallest absolute Gasteiger partial charge is 0.250 e. The maximum Gasteiger partial charge on any atom is 0.250 e. The molecule has 142 valence electrons. The highest BCUT2D eigenvalue weighted by atomic mass is 35.5. The molecule has 0 atom stereocenters. The Bertz CT molecular complexity index is 535. The van der Waals surface area contributed by atoms with Gasteiger partial charge in [-0.15, -0.1) is 24.8 Å². The van der Waals surface area contributed by atoms with Gasteiger partial charge in [-0.2, -0.15) is 5.10 Å². The third-order valence-electron chi connectivity index (χ3n) is 5.96. The highest BCUT2D eigenvalue weighted by Gasteiger charge is 2.45. The molecule has 0 aromatic carbocycles. The van der Waals surface area contributed by atoms with Crippen molar-refractivity contribution in [2.45, 2.75) is 43.7 Å². The van der Waals surface area contributed by atoms with Crippen molar-refractivity contribution >= 4 is 30.7 Å². The molecule has 1 aromatic rings. The topological polar surface area (TPSA) is 53.4 Å². The number of hydrogen-bond donors (Lipinski definition) is 1. The zero-order valence-corrected chi connectivity index (χ0v) is 16.2. The highest BCUT2D eigenvalue weighted by molar-refractivity contribution is 5.86. The summed E-state index contributed by atoms with van der Waals surface area (Å²) in [5.74, 6) is 0.274. The molecule has 3 fully saturated rings. The van der Waals surface area contributed by atoms with E-state index in [1.54, 1.807) is 6.20 Å². The minimum atomic E-state index is -0.479. The van der Waals surface area contributed by atoms with Gasteiger partial charge in [0.2, 0.25) is 0 Å². The summed E-state index contributed by atoms with van der Waals surface area (Å²) in [4.78, 5) is 18.0. The van der Waals surface area contributed by atoms with Crippen LogP contribution in [0.4, 0.5) is 0 Å². The Labute approximate surface area is 162 Å². The Kier molecular flexibility index (Phi) is 7.14. The summed E-state index contributed by atoms with van der Waals surface area (Å²) in [6.45, 7) is 5.56. The largest absolute Gasteiger partial charge is 0.338 e. The van der Waals surface area contributed by atoms with E-state index in [1.165, 1.54) is 19.3 Å². The van der Waals surface area contributed by atoms with Crippen molar-refractivity contribution < 1.29 is 4.79 Å². The van der Waals surface area contributed by atoms with Crippen molar-refractivity contribution in [2.75, 3.05) is 39.3 Å². The van der Waals surface area contributed by atoms with Crippen LogP contribution in [0.1, 0.15) is 32.1 Å². The summed E-state index contributed by atoms with van der Waals surface area (Å²) in [6.07, 6.45) is 9.46. The van der Waals surface area contributed by atoms with Crippen molar-refractivity contribution in [3.8, 4) is 0 Å². The van der Waals surface area contributed by atoms with Crippen LogP contribution < -0.4 is 5.32 Å². The van der Waals surface area contributed by atoms with Crippen LogP contribution in [0.5, 0.6) is 0 Å². The summed E-state index contributed by atoms with van der Waals surface area (Å²) in [5.41, 5.74) is -0.479. The number of aromatic nitrogens is 2. The summed E-state index contributed by atoms with van der Waals surface area (Å²) in [6, 6.07) is 2.71. The van der Waals surface area contributed by atoms with Gasteiger partial charge in [0.15, 0.2) is 0 Å². The second-order valence-corrected chi connectivity index (χ2v) is 7.15. The van der Waals surface area contributed by atoms with Crippen LogP contribution in [0.25, 0.3) is 0 Å². The Hall–Kier alpha value is -0.820. The lowest BCUT2D eigenvalue weighted by Crippen LogP contribution is -2.60. The normalized spacial score (nSPS) is 23.9. The molecule has 0 spiro atoms. The van der Waals surface area contributed by atoms with Gasteiger partial charge in [-0.25, -0.2) is 0 Å². The Balaban J connectivity index is 0.00000113. The first-order valence-electron chi connectivity index (χ1n) is 9.04. The van der Waals surface area contributed by atoms with E-state index in [9.17, 15) is 4.79 Å². The van der Waals surface area contributed by atoms with Crippen molar-refractivity contribution in [2.24, 2.45) is 0 Å². The molecule has 1 aliphatic carbocycles. The molecule has 6 nitrogen and oxygen atoms in total. The van der Waals surface area contributed by atoms with Crippen molar-refractivity contribution in [3.63, 3.8) is 0 Å². The number of hydrogen-bond acceptors (Lipinski definition) is 4. The van der Waals surface area contributed by atoms with Gasteiger partial charge >= 0.3 is 0 Å². The molecule has 2 saturated heterocycles. The molecule has 0 bridgehead atoms. The van der Waals surface area contributed by atoms with Crippen LogP contribution in [-0.4, -0.2) is 70.8 Å². The van der Waals surface area contributed by atoms with Gasteiger partial charge in [0.25, 0.3) is 5.91 Å². The molecule has 1 N–H and O–H groups in total. The third kappa shape index (κ3) is 3.82. The maximum atomic E-state index is 13.4. The number of nitrogens with one attached hydrogen (secondary N) is 1. The van der Waals surface area contributed by atoms with Gasteiger partial charge in [-0.05, 0) is 44.8 Å². The molecule has 4 rings (SSSR count). The number of carbonyl (C=O) groups excluding carboxylic acids is 1. The maximum absolute atomic E-state index is 13.4. The Morgan fingerprint density at radius 3 is 2.28 bits per heavy atom. The van der Waals surface area contributed by atoms with Gasteiger partial charge in [0, 0.05) is 44.6 Å². The fourth-order valence-electron chi connectivity index (χ4n) is 4.24. The first-order valence-corrected chi connectivity index (χ1v) is 9.04. The summed E-state index contributed by atoms with van der Waals surface area (Å²) < 4.78 is 1.91. The van der Waals surface area contributed by atoms with E-state index in [0.29, 0.717) is 0 Å². The van der Waals surface area contributed by atoms with Crippen LogP contribution in [0.2, 0.25) is 0 Å². The molecular weight excluding hydrogens is 361 g/mol. The fourth-order valence-corrected chi connectivity index (χ4v) is 4.24. The van der Waals surface area contributed by atoms with E-state index >= 15 is 0 Å². The van der Waals surface area contributed by atoms with E-state index in [0.717, 1.165) is 58.2 Å². The van der Waals surface area contributed by atoms with Crippen LogP contribution in [0.3, 0.4) is 0 Å². The average molecular weight is 390 g/mol. The molecule has 0 unspecified atom stereocenters. The van der Waals surface area contributed by atoms with Gasteiger partial charge in [0.05, 0.1) is 0 Å². The van der Waals surface area contributed by atoms with Crippen LogP contribution in [-0.2, 0) is 10.3 Å². The minimum Gasteiger partial charge on any atom is -0.338 e. The molecule has 25 heavy (non-hydrogen) atoms. The molecule has 2 aliphatic heterocycles. The van der Waals surface area contributed by atoms with E-state index in [4.69, 9.17) is 0 Å². The van der Waals surface area contributed by atoms with E-state index in [2.05, 4.69) is 20.2 Å². The lowest BCUT2D eigenvalue weighted by molar-refractivity contribution is -0.145. The molecule has 1 saturated carbocycles. The molecule has 1 aromatic heterocycles. The summed E-state index contributed by atoms with van der Waals surface area (Å²) >= 11 is 0. The molecule has 3 heterocycles. The molecule has 3 aliphatic rings. The number of amides is 1. The van der Waals surface area contributed by atoms with Gasteiger partial charge in [-0.1, -0.05) is 6.42 Å². The fraction of sp³-hybridized carbons (Fsp3) is 0.765. The second-order valence-electron chi connectivity index (χ2n) is 7.15. The second kappa shape index (κ2) is 8.71. The summed E-state index contributed by atoms with van der Waals surface area (Å²) in [7, 11) is 0. The number of nitrogens with zero attached hydrogens (tertiary/aromatic N) is 4. The Morgan fingerprint density at radius 1 is 1.08 bits per heavy atom. The number of piperazine rings is 1. The third-order valence-corrected chi connectivity index (χ3v) is 5.96. The van der Waals surface area contributed by atoms with Gasteiger partial charge < -0.3 is 10.2 Å². The lowest BCUT2D eigenvalue weighted by Gasteiger charge is -2.46. The Morgan fingerprint density at radius 2 is 1.76 bits per heavy atom. The number of piperidine rings is 1. The van der Waals surface area contributed by atoms with Crippen LogP contribution >= 0.6 is 24.8 Å². The molecule has 1 amide bonds. The first-order chi connectivity index (χ1) is 11.3. The van der Waals surface area contributed by atoms with Gasteiger partial charge in [0.1, 0.15) is 5.54 Å². The van der Waals surface area contributed by atoms with E-state index in [1.807, 2.05) is 16.9 Å². The average Bonchev–Trinajstić information content (AvgIpc) is 3.09. The predicted octanol–water partition coefficient (Wildman–Crippen LogP) is 1.50. The summed E-state index contributed by atoms with van der Waals surface area (Å²) in [5, 5.41) is 7.80. The molecular formula is C17H29Cl2N5O. The van der Waals surface area contributed by atoms with Crippen molar-refractivity contribution in [1.29, 1.82) is 0 Å². The standard InChI is InChI=1S/C17H27N5O.2ClH/c23-16(21-13-11-20(12-14-21)15-3-1-4-15)17(5-8-18-9-6-17)22-10-2-7-19-22;;/h2,7,10,15,18H,1,3-6,8-9,11-14H2;2*1H. The number of rotatable bonds is 3. The van der Waals surface area contributed by atoms with Crippen molar-refractivity contribution in [1.82, 2.24) is 24.9 Å².